The first-order valence-electron chi connectivity index (χ1n) is 14.7. The second kappa shape index (κ2) is 12.8. The summed E-state index contributed by atoms with van der Waals surface area (Å²) in [4.78, 5) is 63.9. The number of halogens is 1. The van der Waals surface area contributed by atoms with E-state index in [4.69, 9.17) is 35.5 Å². The Labute approximate surface area is 270 Å². The molecule has 16 nitrogen and oxygen atoms in total. The molecule has 0 amide bonds. The first-order valence-corrected chi connectivity index (χ1v) is 14.7. The van der Waals surface area contributed by atoms with E-state index in [1.807, 2.05) is 0 Å². The standard InChI is InChI=1S/C31H33FN2O14/c1-10-24(37)23(34)22(32)30(47-10)48-15-8-31(44,16(35)9-46-17(36)6-13(33)29(42)43)7-12-19(15)28(41)21-20(26(12)39)25(38)11-4-3-5-14(45-2)18(11)27(21)40/h3-5,10,13,15,22-24,30,37,39,41,44H,6-9,33-34H2,1-2H3,(H,42,43)/t10-,13?,15-,22+,23-,24?,30-,31-/m0/s1. The minimum absolute atomic E-state index is 0.00264. The van der Waals surface area contributed by atoms with Crippen molar-refractivity contribution in [1.29, 1.82) is 0 Å². The van der Waals surface area contributed by atoms with E-state index in [2.05, 4.69) is 0 Å². The number of nitrogens with two attached hydrogens (primary N) is 2. The topological polar surface area (TPSA) is 275 Å². The molecule has 17 heteroatoms. The molecule has 1 heterocycles. The molecule has 0 bridgehead atoms. The zero-order valence-corrected chi connectivity index (χ0v) is 25.5. The largest absolute Gasteiger partial charge is 0.507 e. The Hall–Kier alpha value is -4.52. The van der Waals surface area contributed by atoms with Gasteiger partial charge in [-0.05, 0) is 13.0 Å². The molecule has 1 aliphatic heterocycles. The van der Waals surface area contributed by atoms with Gasteiger partial charge in [-0.1, -0.05) is 12.1 Å². The Morgan fingerprint density at radius 3 is 2.44 bits per heavy atom. The number of carboxylic acid groups (broad SMARTS) is 1. The highest BCUT2D eigenvalue weighted by Crippen LogP contribution is 2.52. The van der Waals surface area contributed by atoms with E-state index in [-0.39, 0.29) is 22.4 Å². The van der Waals surface area contributed by atoms with Crippen LogP contribution in [0.15, 0.2) is 18.2 Å². The number of fused-ring (bicyclic) bond motifs is 3. The SMILES string of the molecule is COc1cccc2c1C(=O)c1c(O)c3c(c(O)c1C2=O)C[C@@](O)(C(=O)COC(=O)CC(N)C(=O)O)C[C@@H]3O[C@@H]1O[C@@H](C)C(O)[C@@H](N)[C@H]1F. The number of aliphatic hydroxyl groups excluding tert-OH is 1. The third kappa shape index (κ3) is 5.78. The van der Waals surface area contributed by atoms with Gasteiger partial charge in [0.15, 0.2) is 24.9 Å². The van der Waals surface area contributed by atoms with Gasteiger partial charge in [-0.3, -0.25) is 24.0 Å². The normalized spacial score (nSPS) is 28.5. The van der Waals surface area contributed by atoms with Crippen LogP contribution in [-0.4, -0.2) is 111 Å². The Morgan fingerprint density at radius 2 is 1.79 bits per heavy atom. The van der Waals surface area contributed by atoms with Crippen molar-refractivity contribution in [3.05, 3.63) is 51.6 Å². The highest BCUT2D eigenvalue weighted by atomic mass is 19.1. The van der Waals surface area contributed by atoms with Gasteiger partial charge in [-0.25, -0.2) is 4.39 Å². The summed E-state index contributed by atoms with van der Waals surface area (Å²) in [6.07, 6.45) is -10.7. The monoisotopic (exact) mass is 676 g/mol. The van der Waals surface area contributed by atoms with Gasteiger partial charge in [0.25, 0.3) is 0 Å². The average Bonchev–Trinajstić information content (AvgIpc) is 3.04. The minimum Gasteiger partial charge on any atom is -0.507 e. The van der Waals surface area contributed by atoms with Crippen LogP contribution >= 0.6 is 0 Å². The molecule has 9 N–H and O–H groups in total. The molecule has 3 aliphatic rings. The van der Waals surface area contributed by atoms with E-state index in [0.717, 1.165) is 0 Å². The summed E-state index contributed by atoms with van der Waals surface area (Å²) in [5.41, 5.74) is 6.10. The second-order valence-corrected chi connectivity index (χ2v) is 11.9. The van der Waals surface area contributed by atoms with Crippen molar-refractivity contribution in [2.24, 2.45) is 11.5 Å². The van der Waals surface area contributed by atoms with E-state index < -0.39 is 132 Å². The average molecular weight is 677 g/mol. The van der Waals surface area contributed by atoms with E-state index >= 15 is 4.39 Å². The molecule has 258 valence electrons. The number of carbonyl (C=O) groups excluding carboxylic acids is 4. The number of aliphatic hydroxyl groups is 2. The van der Waals surface area contributed by atoms with Crippen LogP contribution in [0.1, 0.15) is 68.8 Å². The van der Waals surface area contributed by atoms with Crippen LogP contribution in [-0.2, 0) is 35.0 Å². The van der Waals surface area contributed by atoms with Crippen LogP contribution in [0.25, 0.3) is 0 Å². The highest BCUT2D eigenvalue weighted by Gasteiger charge is 2.52. The first kappa shape index (κ1) is 34.8. The van der Waals surface area contributed by atoms with E-state index in [1.54, 1.807) is 0 Å². The van der Waals surface area contributed by atoms with Gasteiger partial charge in [0.05, 0.1) is 54.6 Å². The second-order valence-electron chi connectivity index (χ2n) is 11.9. The number of esters is 1. The summed E-state index contributed by atoms with van der Waals surface area (Å²) in [7, 11) is 1.26. The molecular weight excluding hydrogens is 643 g/mol. The van der Waals surface area contributed by atoms with Gasteiger partial charge in [0.1, 0.15) is 28.9 Å². The Balaban J connectivity index is 1.59. The molecule has 0 radical (unpaired) electrons. The fourth-order valence-electron chi connectivity index (χ4n) is 6.17. The van der Waals surface area contributed by atoms with Crippen molar-refractivity contribution in [3.63, 3.8) is 0 Å². The van der Waals surface area contributed by atoms with Crippen molar-refractivity contribution in [2.45, 2.75) is 74.6 Å². The Bertz CT molecular complexity index is 1710. The zero-order valence-electron chi connectivity index (χ0n) is 25.5. The Kier molecular flexibility index (Phi) is 9.30. The van der Waals surface area contributed by atoms with Crippen LogP contribution in [0.3, 0.4) is 0 Å². The lowest BCUT2D eigenvalue weighted by atomic mass is 9.72. The van der Waals surface area contributed by atoms with E-state index in [9.17, 15) is 44.4 Å². The smallest absolute Gasteiger partial charge is 0.321 e. The number of aliphatic carboxylic acids is 1. The lowest BCUT2D eigenvalue weighted by Crippen LogP contribution is -2.60. The number of methoxy groups -OCH3 is 1. The quantitative estimate of drug-likeness (QED) is 0.109. The lowest BCUT2D eigenvalue weighted by Gasteiger charge is -2.43. The number of alkyl halides is 1. The van der Waals surface area contributed by atoms with Crippen molar-refractivity contribution in [2.75, 3.05) is 13.7 Å². The summed E-state index contributed by atoms with van der Waals surface area (Å²) in [6.45, 7) is 0.270. The molecule has 48 heavy (non-hydrogen) atoms. The molecule has 2 aromatic carbocycles. The fraction of sp³-hybridized carbons (Fsp3) is 0.452. The predicted octanol–water partition coefficient (Wildman–Crippen LogP) is -0.698. The van der Waals surface area contributed by atoms with Crippen molar-refractivity contribution < 1.29 is 72.8 Å². The number of hydrogen-bond acceptors (Lipinski definition) is 15. The van der Waals surface area contributed by atoms with Gasteiger partial charge >= 0.3 is 11.9 Å². The molecule has 0 aromatic heterocycles. The number of phenolic OH excluding ortho intramolecular Hbond substituents is 2. The summed E-state index contributed by atoms with van der Waals surface area (Å²) in [5.74, 6) is -7.45. The maximum Gasteiger partial charge on any atom is 0.321 e. The highest BCUT2D eigenvalue weighted by molar-refractivity contribution is 6.31. The predicted molar refractivity (Wildman–Crippen MR) is 156 cm³/mol. The molecule has 2 aromatic rings. The number of Topliss-reactive ketones (excluding diaryl/α,β-unsaturated/α-hetero) is 1. The number of phenols is 2. The zero-order chi connectivity index (χ0) is 35.4. The fourth-order valence-corrected chi connectivity index (χ4v) is 6.17. The van der Waals surface area contributed by atoms with Crippen LogP contribution in [0.5, 0.6) is 17.2 Å². The van der Waals surface area contributed by atoms with Gasteiger partial charge in [-0.2, -0.15) is 0 Å². The lowest BCUT2D eigenvalue weighted by molar-refractivity contribution is -0.273. The van der Waals surface area contributed by atoms with Gasteiger partial charge in [-0.15, -0.1) is 0 Å². The van der Waals surface area contributed by atoms with Gasteiger partial charge in [0, 0.05) is 29.5 Å². The molecule has 1 saturated heterocycles. The van der Waals surface area contributed by atoms with Crippen LogP contribution < -0.4 is 16.2 Å². The molecule has 2 unspecified atom stereocenters. The number of benzene rings is 2. The Morgan fingerprint density at radius 1 is 1.12 bits per heavy atom. The molecule has 0 spiro atoms. The number of ether oxygens (including phenoxy) is 4. The summed E-state index contributed by atoms with van der Waals surface area (Å²) in [6, 6.07) is 0.990. The summed E-state index contributed by atoms with van der Waals surface area (Å²) >= 11 is 0. The van der Waals surface area contributed by atoms with E-state index in [1.165, 1.54) is 32.2 Å². The number of carboxylic acids is 1. The number of ketones is 3. The summed E-state index contributed by atoms with van der Waals surface area (Å²) in [5, 5.41) is 53.9. The van der Waals surface area contributed by atoms with Gasteiger partial charge in [0.2, 0.25) is 11.6 Å². The van der Waals surface area contributed by atoms with Crippen LogP contribution in [0.2, 0.25) is 0 Å². The maximum absolute atomic E-state index is 15.3. The molecular formula is C31H33FN2O14. The molecule has 2 aliphatic carbocycles. The van der Waals surface area contributed by atoms with Gasteiger partial charge < -0.3 is 55.9 Å². The number of carbonyl (C=O) groups is 5. The van der Waals surface area contributed by atoms with Crippen molar-refractivity contribution in [1.82, 2.24) is 0 Å². The number of hydrogen-bond donors (Lipinski definition) is 7. The molecule has 8 atom stereocenters. The number of rotatable bonds is 9. The summed E-state index contributed by atoms with van der Waals surface area (Å²) < 4.78 is 36.7. The van der Waals surface area contributed by atoms with Crippen LogP contribution in [0, 0.1) is 0 Å². The third-order valence-electron chi connectivity index (χ3n) is 8.81. The minimum atomic E-state index is -2.58. The first-order chi connectivity index (χ1) is 22.5. The van der Waals surface area contributed by atoms with Crippen LogP contribution in [0.4, 0.5) is 4.39 Å². The molecule has 5 rings (SSSR count). The maximum atomic E-state index is 15.3. The third-order valence-corrected chi connectivity index (χ3v) is 8.81. The molecule has 1 fully saturated rings. The van der Waals surface area contributed by atoms with Crippen molar-refractivity contribution >= 4 is 29.3 Å². The number of aromatic hydroxyl groups is 2. The van der Waals surface area contributed by atoms with Crippen molar-refractivity contribution in [3.8, 4) is 17.2 Å². The molecule has 0 saturated carbocycles. The van der Waals surface area contributed by atoms with E-state index in [0.29, 0.717) is 0 Å².